The molecule has 90 valence electrons. The molecule has 0 aliphatic rings. The highest BCUT2D eigenvalue weighted by atomic mass is 16.5. The molecule has 0 saturated heterocycles. The Morgan fingerprint density at radius 1 is 1.25 bits per heavy atom. The van der Waals surface area contributed by atoms with Gasteiger partial charge in [0.15, 0.2) is 0 Å². The summed E-state index contributed by atoms with van der Waals surface area (Å²) in [5.74, 6) is 1.08. The van der Waals surface area contributed by atoms with Crippen LogP contribution in [0.5, 0.6) is 5.75 Å². The van der Waals surface area contributed by atoms with Crippen LogP contribution in [0.15, 0.2) is 24.3 Å². The minimum atomic E-state index is -0.428. The van der Waals surface area contributed by atoms with E-state index >= 15 is 0 Å². The fourth-order valence-electron chi connectivity index (χ4n) is 1.93. The third kappa shape index (κ3) is 3.24. The van der Waals surface area contributed by atoms with Crippen LogP contribution in [0.3, 0.4) is 0 Å². The van der Waals surface area contributed by atoms with E-state index in [0.717, 1.165) is 24.2 Å². The zero-order valence-electron chi connectivity index (χ0n) is 10.4. The Labute approximate surface area is 98.3 Å². The van der Waals surface area contributed by atoms with Crippen LogP contribution in [0.2, 0.25) is 0 Å². The predicted octanol–water partition coefficient (Wildman–Crippen LogP) is 3.55. The molecular weight excluding hydrogens is 200 g/mol. The topological polar surface area (TPSA) is 29.5 Å². The van der Waals surface area contributed by atoms with E-state index in [2.05, 4.69) is 13.8 Å². The largest absolute Gasteiger partial charge is 0.493 e. The van der Waals surface area contributed by atoms with E-state index in [0.29, 0.717) is 6.61 Å². The monoisotopic (exact) mass is 222 g/mol. The molecule has 1 N–H and O–H groups in total. The Balaban J connectivity index is 2.84. The van der Waals surface area contributed by atoms with Gasteiger partial charge < -0.3 is 9.84 Å². The Kier molecular flexibility index (Phi) is 5.33. The van der Waals surface area contributed by atoms with Gasteiger partial charge in [0.25, 0.3) is 0 Å². The molecule has 0 bridgehead atoms. The van der Waals surface area contributed by atoms with Crippen LogP contribution < -0.4 is 4.74 Å². The van der Waals surface area contributed by atoms with Crippen LogP contribution in [0.1, 0.15) is 45.3 Å². The summed E-state index contributed by atoms with van der Waals surface area (Å²) in [5, 5.41) is 10.2. The molecule has 2 nitrogen and oxygen atoms in total. The van der Waals surface area contributed by atoms with Gasteiger partial charge in [0.05, 0.1) is 12.7 Å². The maximum atomic E-state index is 10.2. The van der Waals surface area contributed by atoms with E-state index in [9.17, 15) is 5.11 Å². The minimum absolute atomic E-state index is 0.270. The molecule has 0 amide bonds. The summed E-state index contributed by atoms with van der Waals surface area (Å²) in [4.78, 5) is 0. The van der Waals surface area contributed by atoms with Crippen molar-refractivity contribution in [1.29, 1.82) is 0 Å². The van der Waals surface area contributed by atoms with Gasteiger partial charge in [0.1, 0.15) is 5.75 Å². The number of hydrogen-bond acceptors (Lipinski definition) is 2. The lowest BCUT2D eigenvalue weighted by molar-refractivity contribution is 0.108. The smallest absolute Gasteiger partial charge is 0.125 e. The van der Waals surface area contributed by atoms with Gasteiger partial charge in [-0.2, -0.15) is 0 Å². The molecule has 0 aliphatic carbocycles. The summed E-state index contributed by atoms with van der Waals surface area (Å²) in [6, 6.07) is 7.74. The number of ether oxygens (including phenoxy) is 1. The van der Waals surface area contributed by atoms with Gasteiger partial charge in [0, 0.05) is 5.56 Å². The van der Waals surface area contributed by atoms with Gasteiger partial charge in [-0.3, -0.25) is 0 Å². The summed E-state index contributed by atoms with van der Waals surface area (Å²) >= 11 is 0. The first kappa shape index (κ1) is 13.0. The van der Waals surface area contributed by atoms with Crippen molar-refractivity contribution >= 4 is 0 Å². The normalized spacial score (nSPS) is 14.5. The van der Waals surface area contributed by atoms with Crippen LogP contribution in [0.4, 0.5) is 0 Å². The molecule has 2 unspecified atom stereocenters. The number of aliphatic hydroxyl groups excluding tert-OH is 1. The Hall–Kier alpha value is -1.02. The first-order valence-corrected chi connectivity index (χ1v) is 6.10. The SMILES string of the molecule is CCCC(C)C(O)c1ccccc1OCC. The number of rotatable bonds is 6. The number of para-hydroxylation sites is 1. The Morgan fingerprint density at radius 3 is 2.56 bits per heavy atom. The van der Waals surface area contributed by atoms with Crippen LogP contribution >= 0.6 is 0 Å². The highest BCUT2D eigenvalue weighted by molar-refractivity contribution is 5.35. The zero-order valence-corrected chi connectivity index (χ0v) is 10.4. The van der Waals surface area contributed by atoms with Crippen molar-refractivity contribution in [3.05, 3.63) is 29.8 Å². The van der Waals surface area contributed by atoms with E-state index < -0.39 is 6.10 Å². The van der Waals surface area contributed by atoms with E-state index in [1.54, 1.807) is 0 Å². The molecule has 0 aliphatic heterocycles. The maximum Gasteiger partial charge on any atom is 0.125 e. The molecule has 0 fully saturated rings. The number of hydrogen-bond donors (Lipinski definition) is 1. The van der Waals surface area contributed by atoms with Crippen molar-refractivity contribution < 1.29 is 9.84 Å². The lowest BCUT2D eigenvalue weighted by Crippen LogP contribution is -2.10. The van der Waals surface area contributed by atoms with Gasteiger partial charge in [-0.25, -0.2) is 0 Å². The summed E-state index contributed by atoms with van der Waals surface area (Å²) in [5.41, 5.74) is 0.908. The Morgan fingerprint density at radius 2 is 1.94 bits per heavy atom. The standard InChI is InChI=1S/C14H22O2/c1-4-8-11(3)14(15)12-9-6-7-10-13(12)16-5-2/h6-7,9-11,14-15H,4-5,8H2,1-3H3. The number of benzene rings is 1. The quantitative estimate of drug-likeness (QED) is 0.797. The van der Waals surface area contributed by atoms with E-state index in [4.69, 9.17) is 4.74 Å². The summed E-state index contributed by atoms with van der Waals surface area (Å²) < 4.78 is 5.53. The molecule has 1 aromatic carbocycles. The van der Waals surface area contributed by atoms with Crippen LogP contribution in [0.25, 0.3) is 0 Å². The van der Waals surface area contributed by atoms with Crippen molar-refractivity contribution in [2.45, 2.75) is 39.7 Å². The zero-order chi connectivity index (χ0) is 12.0. The second-order valence-corrected chi connectivity index (χ2v) is 4.18. The second-order valence-electron chi connectivity index (χ2n) is 4.18. The van der Waals surface area contributed by atoms with Crippen molar-refractivity contribution in [1.82, 2.24) is 0 Å². The lowest BCUT2D eigenvalue weighted by Gasteiger charge is -2.21. The van der Waals surface area contributed by atoms with Crippen molar-refractivity contribution in [3.8, 4) is 5.75 Å². The average molecular weight is 222 g/mol. The highest BCUT2D eigenvalue weighted by Crippen LogP contribution is 2.31. The van der Waals surface area contributed by atoms with Crippen LogP contribution in [0, 0.1) is 5.92 Å². The third-order valence-electron chi connectivity index (χ3n) is 2.82. The van der Waals surface area contributed by atoms with Crippen LogP contribution in [-0.2, 0) is 0 Å². The third-order valence-corrected chi connectivity index (χ3v) is 2.82. The van der Waals surface area contributed by atoms with Crippen LogP contribution in [-0.4, -0.2) is 11.7 Å². The fraction of sp³-hybridized carbons (Fsp3) is 0.571. The van der Waals surface area contributed by atoms with Gasteiger partial charge in [-0.05, 0) is 25.3 Å². The van der Waals surface area contributed by atoms with Gasteiger partial charge >= 0.3 is 0 Å². The molecule has 0 spiro atoms. The van der Waals surface area contributed by atoms with E-state index in [1.807, 2.05) is 31.2 Å². The van der Waals surface area contributed by atoms with E-state index in [1.165, 1.54) is 0 Å². The Bertz CT molecular complexity index is 309. The van der Waals surface area contributed by atoms with Gasteiger partial charge in [-0.1, -0.05) is 38.5 Å². The molecule has 0 saturated carbocycles. The predicted molar refractivity (Wildman–Crippen MR) is 66.6 cm³/mol. The van der Waals surface area contributed by atoms with E-state index in [-0.39, 0.29) is 5.92 Å². The molecular formula is C14H22O2. The first-order valence-electron chi connectivity index (χ1n) is 6.10. The average Bonchev–Trinajstić information content (AvgIpc) is 2.29. The van der Waals surface area contributed by atoms with Gasteiger partial charge in [-0.15, -0.1) is 0 Å². The summed E-state index contributed by atoms with van der Waals surface area (Å²) in [7, 11) is 0. The lowest BCUT2D eigenvalue weighted by atomic mass is 9.93. The molecule has 1 rings (SSSR count). The molecule has 16 heavy (non-hydrogen) atoms. The summed E-state index contributed by atoms with van der Waals surface area (Å²) in [6.45, 7) is 6.80. The van der Waals surface area contributed by atoms with Crippen molar-refractivity contribution in [2.75, 3.05) is 6.61 Å². The fourth-order valence-corrected chi connectivity index (χ4v) is 1.93. The molecule has 2 heteroatoms. The maximum absolute atomic E-state index is 10.2. The molecule has 0 heterocycles. The minimum Gasteiger partial charge on any atom is -0.493 e. The van der Waals surface area contributed by atoms with Crippen molar-refractivity contribution in [2.24, 2.45) is 5.92 Å². The second kappa shape index (κ2) is 6.54. The molecule has 0 aromatic heterocycles. The first-order chi connectivity index (χ1) is 7.70. The molecule has 1 aromatic rings. The van der Waals surface area contributed by atoms with Gasteiger partial charge in [0.2, 0.25) is 0 Å². The molecule has 2 atom stereocenters. The summed E-state index contributed by atoms with van der Waals surface area (Å²) in [6.07, 6.45) is 1.69. The molecule has 0 radical (unpaired) electrons. The number of aliphatic hydroxyl groups is 1. The highest BCUT2D eigenvalue weighted by Gasteiger charge is 2.18. The van der Waals surface area contributed by atoms with Crippen molar-refractivity contribution in [3.63, 3.8) is 0 Å².